The van der Waals surface area contributed by atoms with Crippen LogP contribution in [0.15, 0.2) is 54.6 Å². The molecule has 0 bridgehead atoms. The molecule has 0 aromatic heterocycles. The highest BCUT2D eigenvalue weighted by Gasteiger charge is 2.21. The molecule has 1 nitrogen and oxygen atoms in total. The van der Waals surface area contributed by atoms with Gasteiger partial charge in [0.1, 0.15) is 0 Å². The molecule has 5 rings (SSSR count). The Kier molecular flexibility index (Phi) is 3.33. The summed E-state index contributed by atoms with van der Waals surface area (Å²) < 4.78 is 0. The molecule has 2 aliphatic rings. The zero-order valence-electron chi connectivity index (χ0n) is 14.0. The summed E-state index contributed by atoms with van der Waals surface area (Å²) in [6.45, 7) is 0. The smallest absolute Gasteiger partial charge is 0.0345 e. The summed E-state index contributed by atoms with van der Waals surface area (Å²) in [5, 5.41) is 6.54. The van der Waals surface area contributed by atoms with Crippen molar-refractivity contribution in [3.05, 3.63) is 65.7 Å². The summed E-state index contributed by atoms with van der Waals surface area (Å²) in [6, 6.07) is 21.0. The Balaban J connectivity index is 1.49. The highest BCUT2D eigenvalue weighted by Crippen LogP contribution is 2.41. The van der Waals surface area contributed by atoms with Crippen LogP contribution in [0.2, 0.25) is 0 Å². The monoisotopic (exact) mass is 313 g/mol. The summed E-state index contributed by atoms with van der Waals surface area (Å²) in [4.78, 5) is 0. The van der Waals surface area contributed by atoms with E-state index in [2.05, 4.69) is 59.9 Å². The van der Waals surface area contributed by atoms with E-state index in [9.17, 15) is 0 Å². The van der Waals surface area contributed by atoms with Gasteiger partial charge in [0.15, 0.2) is 0 Å². The van der Waals surface area contributed by atoms with Crippen molar-refractivity contribution in [3.63, 3.8) is 0 Å². The molecule has 0 amide bonds. The number of benzene rings is 3. The van der Waals surface area contributed by atoms with Crippen molar-refractivity contribution in [3.8, 4) is 11.1 Å². The number of fused-ring (bicyclic) bond motifs is 5. The number of anilines is 1. The zero-order valence-corrected chi connectivity index (χ0v) is 14.0. The van der Waals surface area contributed by atoms with E-state index >= 15 is 0 Å². The fraction of sp³-hybridized carbons (Fsp3) is 0.304. The molecule has 3 aromatic rings. The number of rotatable bonds is 2. The summed E-state index contributed by atoms with van der Waals surface area (Å²) >= 11 is 0. The summed E-state index contributed by atoms with van der Waals surface area (Å²) in [5.41, 5.74) is 7.12. The standard InChI is InChI=1S/C23H23N/c1-2-7-18(8-3-1)24-19-11-13-21-17(14-19)15-23-20-9-5-4-6-16(20)10-12-22(21)23/h4-6,9-14,18,24H,1-3,7-8,15H2. The minimum absolute atomic E-state index is 0.668. The van der Waals surface area contributed by atoms with Crippen molar-refractivity contribution < 1.29 is 0 Å². The third-order valence-corrected chi connectivity index (χ3v) is 5.78. The van der Waals surface area contributed by atoms with E-state index in [1.165, 1.54) is 70.8 Å². The van der Waals surface area contributed by atoms with Crippen LogP contribution < -0.4 is 5.32 Å². The fourth-order valence-electron chi connectivity index (χ4n) is 4.54. The van der Waals surface area contributed by atoms with Crippen LogP contribution >= 0.6 is 0 Å². The van der Waals surface area contributed by atoms with Crippen molar-refractivity contribution in [2.45, 2.75) is 44.6 Å². The molecule has 0 spiro atoms. The van der Waals surface area contributed by atoms with E-state index in [1.54, 1.807) is 0 Å². The Labute approximate surface area is 143 Å². The van der Waals surface area contributed by atoms with Gasteiger partial charge in [0.2, 0.25) is 0 Å². The maximum absolute atomic E-state index is 3.77. The Morgan fingerprint density at radius 1 is 0.792 bits per heavy atom. The van der Waals surface area contributed by atoms with Gasteiger partial charge in [0.25, 0.3) is 0 Å². The molecule has 24 heavy (non-hydrogen) atoms. The fourth-order valence-corrected chi connectivity index (χ4v) is 4.54. The molecule has 1 saturated carbocycles. The van der Waals surface area contributed by atoms with Crippen LogP contribution in [-0.2, 0) is 6.42 Å². The van der Waals surface area contributed by atoms with Crippen molar-refractivity contribution in [2.24, 2.45) is 0 Å². The Bertz CT molecular complexity index is 903. The maximum atomic E-state index is 3.77. The third-order valence-electron chi connectivity index (χ3n) is 5.78. The van der Waals surface area contributed by atoms with Gasteiger partial charge >= 0.3 is 0 Å². The summed E-state index contributed by atoms with van der Waals surface area (Å²) in [6.07, 6.45) is 7.86. The van der Waals surface area contributed by atoms with Gasteiger partial charge in [0, 0.05) is 11.7 Å². The molecule has 1 N–H and O–H groups in total. The third kappa shape index (κ3) is 2.31. The first-order chi connectivity index (χ1) is 11.9. The molecule has 0 radical (unpaired) electrons. The Hall–Kier alpha value is -2.28. The van der Waals surface area contributed by atoms with E-state index in [1.807, 2.05) is 0 Å². The molecule has 0 aliphatic heterocycles. The molecule has 3 aromatic carbocycles. The van der Waals surface area contributed by atoms with Gasteiger partial charge in [-0.15, -0.1) is 0 Å². The van der Waals surface area contributed by atoms with E-state index in [4.69, 9.17) is 0 Å². The van der Waals surface area contributed by atoms with Gasteiger partial charge in [-0.1, -0.05) is 61.7 Å². The molecular weight excluding hydrogens is 290 g/mol. The predicted octanol–water partition coefficient (Wildman–Crippen LogP) is 6.16. The van der Waals surface area contributed by atoms with Crippen molar-refractivity contribution in [1.82, 2.24) is 0 Å². The lowest BCUT2D eigenvalue weighted by molar-refractivity contribution is 0.463. The van der Waals surface area contributed by atoms with Crippen molar-refractivity contribution >= 4 is 16.5 Å². The van der Waals surface area contributed by atoms with Crippen LogP contribution in [0.3, 0.4) is 0 Å². The van der Waals surface area contributed by atoms with Gasteiger partial charge in [-0.05, 0) is 64.4 Å². The van der Waals surface area contributed by atoms with Crippen LogP contribution in [0.1, 0.15) is 43.2 Å². The molecule has 1 heteroatoms. The van der Waals surface area contributed by atoms with Crippen molar-refractivity contribution in [2.75, 3.05) is 5.32 Å². The largest absolute Gasteiger partial charge is 0.382 e. The first-order valence-corrected chi connectivity index (χ1v) is 9.29. The van der Waals surface area contributed by atoms with Crippen LogP contribution in [0, 0.1) is 0 Å². The first-order valence-electron chi connectivity index (χ1n) is 9.29. The van der Waals surface area contributed by atoms with Gasteiger partial charge in [-0.3, -0.25) is 0 Å². The van der Waals surface area contributed by atoms with E-state index in [0.29, 0.717) is 6.04 Å². The number of hydrogen-bond acceptors (Lipinski definition) is 1. The quantitative estimate of drug-likeness (QED) is 0.467. The minimum Gasteiger partial charge on any atom is -0.382 e. The Morgan fingerprint density at radius 2 is 1.62 bits per heavy atom. The van der Waals surface area contributed by atoms with Gasteiger partial charge in [0.05, 0.1) is 0 Å². The molecule has 0 atom stereocenters. The Morgan fingerprint density at radius 3 is 2.54 bits per heavy atom. The summed E-state index contributed by atoms with van der Waals surface area (Å²) in [7, 11) is 0. The molecule has 1 fully saturated rings. The predicted molar refractivity (Wildman–Crippen MR) is 103 cm³/mol. The van der Waals surface area contributed by atoms with Crippen LogP contribution in [0.5, 0.6) is 0 Å². The molecule has 0 saturated heterocycles. The zero-order chi connectivity index (χ0) is 15.9. The SMILES string of the molecule is c1ccc2c3c(ccc2c1)-c1ccc(NC2CCCCC2)cc1C3. The minimum atomic E-state index is 0.668. The van der Waals surface area contributed by atoms with Gasteiger partial charge in [-0.25, -0.2) is 0 Å². The van der Waals surface area contributed by atoms with Gasteiger partial charge < -0.3 is 5.32 Å². The lowest BCUT2D eigenvalue weighted by atomic mass is 9.95. The van der Waals surface area contributed by atoms with Crippen LogP contribution in [0.4, 0.5) is 5.69 Å². The van der Waals surface area contributed by atoms with E-state index in [0.717, 1.165) is 6.42 Å². The topological polar surface area (TPSA) is 12.0 Å². The van der Waals surface area contributed by atoms with Crippen molar-refractivity contribution in [1.29, 1.82) is 0 Å². The maximum Gasteiger partial charge on any atom is 0.0345 e. The van der Waals surface area contributed by atoms with Crippen LogP contribution in [0.25, 0.3) is 21.9 Å². The second kappa shape index (κ2) is 5.66. The van der Waals surface area contributed by atoms with E-state index < -0.39 is 0 Å². The first kappa shape index (κ1) is 14.1. The molecule has 120 valence electrons. The number of hydrogen-bond donors (Lipinski definition) is 1. The second-order valence-corrected chi connectivity index (χ2v) is 7.34. The molecule has 2 aliphatic carbocycles. The highest BCUT2D eigenvalue weighted by molar-refractivity contribution is 5.95. The second-order valence-electron chi connectivity index (χ2n) is 7.34. The average molecular weight is 313 g/mol. The lowest BCUT2D eigenvalue weighted by Gasteiger charge is -2.24. The summed E-state index contributed by atoms with van der Waals surface area (Å²) in [5.74, 6) is 0. The molecular formula is C23H23N. The lowest BCUT2D eigenvalue weighted by Crippen LogP contribution is -2.22. The van der Waals surface area contributed by atoms with Crippen LogP contribution in [-0.4, -0.2) is 6.04 Å². The normalized spacial score (nSPS) is 16.8. The van der Waals surface area contributed by atoms with Gasteiger partial charge in [-0.2, -0.15) is 0 Å². The van der Waals surface area contributed by atoms with E-state index in [-0.39, 0.29) is 0 Å². The highest BCUT2D eigenvalue weighted by atomic mass is 14.9. The molecule has 0 unspecified atom stereocenters. The molecule has 0 heterocycles. The number of nitrogens with one attached hydrogen (secondary N) is 1. The average Bonchev–Trinajstić information content (AvgIpc) is 3.01.